The van der Waals surface area contributed by atoms with Gasteiger partial charge in [-0.15, -0.1) is 0 Å². The molecule has 0 aromatic heterocycles. The molecule has 9 heteroatoms. The van der Waals surface area contributed by atoms with E-state index < -0.39 is 19.9 Å². The fourth-order valence-electron chi connectivity index (χ4n) is 0.955. The molecule has 0 spiro atoms. The summed E-state index contributed by atoms with van der Waals surface area (Å²) in [6, 6.07) is -1.21. The standard InChI is InChI=1S/C7H13N4O4P/c8-7(9)10-3-1-2-5(6(12)13)11(14)4-16-15/h5,14H,1-3H2,(H,12,13)(H4,8,9,10)/t5-/m0/s1. The number of aliphatic imine (C=N–C) groups is 1. The summed E-state index contributed by atoms with van der Waals surface area (Å²) < 4.78 is 10.1. The first kappa shape index (κ1) is 14.7. The molecule has 0 amide bonds. The molecule has 8 nitrogen and oxygen atoms in total. The van der Waals surface area contributed by atoms with E-state index >= 15 is 0 Å². The van der Waals surface area contributed by atoms with Gasteiger partial charge in [0.1, 0.15) is 0 Å². The zero-order valence-electron chi connectivity index (χ0n) is 8.41. The number of nitrogens with two attached hydrogens (primary N) is 2. The average Bonchev–Trinajstić information content (AvgIpc) is 2.16. The summed E-state index contributed by atoms with van der Waals surface area (Å²) in [5.41, 5.74) is 10.1. The van der Waals surface area contributed by atoms with E-state index in [-0.39, 0.29) is 24.0 Å². The molecule has 16 heavy (non-hydrogen) atoms. The summed E-state index contributed by atoms with van der Waals surface area (Å²) >= 11 is 0. The number of carboxylic acids is 1. The van der Waals surface area contributed by atoms with Crippen molar-refractivity contribution in [1.82, 2.24) is 5.06 Å². The molecule has 0 heterocycles. The van der Waals surface area contributed by atoms with Gasteiger partial charge < -0.3 is 0 Å². The van der Waals surface area contributed by atoms with Gasteiger partial charge in [-0.05, 0) is 0 Å². The first-order chi connectivity index (χ1) is 7.49. The van der Waals surface area contributed by atoms with Crippen molar-refractivity contribution in [2.75, 3.05) is 6.54 Å². The SMILES string of the molecule is NC(N)=NCCC[C@@H](C(=O)O)N(O)C#P=O. The molecule has 0 aromatic rings. The first-order valence-corrected chi connectivity index (χ1v) is 5.14. The molecule has 0 aliphatic carbocycles. The Morgan fingerprint density at radius 1 is 1.56 bits per heavy atom. The van der Waals surface area contributed by atoms with Crippen LogP contribution in [-0.4, -0.2) is 39.9 Å². The van der Waals surface area contributed by atoms with Crippen LogP contribution in [0.1, 0.15) is 12.8 Å². The number of hydroxylamine groups is 2. The second kappa shape index (κ2) is 7.90. The topological polar surface area (TPSA) is 142 Å². The predicted octanol–water partition coefficient (Wildman–Crippen LogP) is -0.607. The summed E-state index contributed by atoms with van der Waals surface area (Å²) in [6.45, 7) is 0.259. The van der Waals surface area contributed by atoms with Crippen molar-refractivity contribution in [2.24, 2.45) is 16.5 Å². The van der Waals surface area contributed by atoms with Gasteiger partial charge in [0, 0.05) is 0 Å². The summed E-state index contributed by atoms with van der Waals surface area (Å²) in [5, 5.41) is 18.2. The quantitative estimate of drug-likeness (QED) is 0.123. The van der Waals surface area contributed by atoms with Gasteiger partial charge in [0.05, 0.1) is 0 Å². The summed E-state index contributed by atoms with van der Waals surface area (Å²) in [6.07, 6.45) is 0.467. The molecule has 0 unspecified atom stereocenters. The minimum absolute atomic E-state index is 0.0797. The van der Waals surface area contributed by atoms with Gasteiger partial charge in [0.25, 0.3) is 0 Å². The Labute approximate surface area is 93.0 Å². The second-order valence-corrected chi connectivity index (χ2v) is 3.22. The molecule has 0 saturated carbocycles. The number of aliphatic carboxylic acids is 1. The molecule has 0 aliphatic rings. The number of hydrogen-bond acceptors (Lipinski definition) is 5. The third kappa shape index (κ3) is 6.21. The predicted molar refractivity (Wildman–Crippen MR) is 56.5 cm³/mol. The fraction of sp³-hybridized carbons (Fsp3) is 0.571. The Kier molecular flexibility index (Phi) is 7.24. The molecule has 0 saturated heterocycles. The molecule has 0 aromatic carbocycles. The van der Waals surface area contributed by atoms with Gasteiger partial charge in [0.15, 0.2) is 0 Å². The van der Waals surface area contributed by atoms with Crippen molar-refractivity contribution in [3.63, 3.8) is 0 Å². The maximum absolute atomic E-state index is 10.7. The molecule has 0 radical (unpaired) electrons. The van der Waals surface area contributed by atoms with Crippen LogP contribution in [0.5, 0.6) is 0 Å². The van der Waals surface area contributed by atoms with E-state index in [9.17, 15) is 9.36 Å². The molecule has 90 valence electrons. The normalized spacial score (nSPS) is 11.6. The van der Waals surface area contributed by atoms with E-state index in [4.69, 9.17) is 21.8 Å². The van der Waals surface area contributed by atoms with Crippen LogP contribution in [0.4, 0.5) is 0 Å². The molecule has 0 bridgehead atoms. The molecule has 0 fully saturated rings. The van der Waals surface area contributed by atoms with Crippen molar-refractivity contribution in [1.29, 1.82) is 0 Å². The number of carbonyl (C=O) groups is 1. The summed E-state index contributed by atoms with van der Waals surface area (Å²) in [7, 11) is -0.593. The minimum atomic E-state index is -1.25. The van der Waals surface area contributed by atoms with Crippen molar-refractivity contribution in [2.45, 2.75) is 18.9 Å². The molecular weight excluding hydrogens is 235 g/mol. The Bertz CT molecular complexity index is 362. The van der Waals surface area contributed by atoms with Gasteiger partial charge in [-0.25, -0.2) is 0 Å². The number of carboxylic acid groups (broad SMARTS) is 1. The van der Waals surface area contributed by atoms with E-state index in [2.05, 4.69) is 4.99 Å². The van der Waals surface area contributed by atoms with Crippen LogP contribution in [0.3, 0.4) is 0 Å². The monoisotopic (exact) mass is 248 g/mol. The van der Waals surface area contributed by atoms with Gasteiger partial charge in [-0.3, -0.25) is 0 Å². The van der Waals surface area contributed by atoms with Crippen molar-refractivity contribution in [3.05, 3.63) is 0 Å². The van der Waals surface area contributed by atoms with Crippen LogP contribution in [0, 0.1) is 5.75 Å². The average molecular weight is 248 g/mol. The van der Waals surface area contributed by atoms with Crippen LogP contribution in [-0.2, 0) is 9.36 Å². The molecule has 0 rings (SSSR count). The third-order valence-corrected chi connectivity index (χ3v) is 1.94. The van der Waals surface area contributed by atoms with E-state index in [1.165, 1.54) is 0 Å². The van der Waals surface area contributed by atoms with E-state index in [1.807, 2.05) is 5.75 Å². The number of rotatable bonds is 6. The second-order valence-electron chi connectivity index (χ2n) is 2.84. The number of guanidine groups is 1. The van der Waals surface area contributed by atoms with Crippen molar-refractivity contribution < 1.29 is 19.7 Å². The van der Waals surface area contributed by atoms with Crippen molar-refractivity contribution >= 4 is 19.8 Å². The number of nitrogens with zero attached hydrogens (tertiary/aromatic N) is 2. The molecule has 1 atom stereocenters. The van der Waals surface area contributed by atoms with Gasteiger partial charge in [-0.1, -0.05) is 0 Å². The summed E-state index contributed by atoms with van der Waals surface area (Å²) in [4.78, 5) is 14.4. The van der Waals surface area contributed by atoms with Gasteiger partial charge >= 0.3 is 92.2 Å². The van der Waals surface area contributed by atoms with E-state index in [0.717, 1.165) is 0 Å². The molecule has 0 aliphatic heterocycles. The Balaban J connectivity index is 4.24. The van der Waals surface area contributed by atoms with E-state index in [1.54, 1.807) is 0 Å². The zero-order chi connectivity index (χ0) is 12.6. The van der Waals surface area contributed by atoms with Crippen LogP contribution in [0.25, 0.3) is 0 Å². The fourth-order valence-corrected chi connectivity index (χ4v) is 1.18. The Morgan fingerprint density at radius 3 is 2.62 bits per heavy atom. The first-order valence-electron chi connectivity index (χ1n) is 4.33. The van der Waals surface area contributed by atoms with Gasteiger partial charge in [-0.2, -0.15) is 0 Å². The van der Waals surface area contributed by atoms with Crippen LogP contribution < -0.4 is 11.5 Å². The molecule has 6 N–H and O–H groups in total. The van der Waals surface area contributed by atoms with Crippen LogP contribution in [0.15, 0.2) is 4.99 Å². The zero-order valence-corrected chi connectivity index (χ0v) is 9.30. The maximum atomic E-state index is 10.7. The van der Waals surface area contributed by atoms with Gasteiger partial charge in [0.2, 0.25) is 0 Å². The van der Waals surface area contributed by atoms with Crippen LogP contribution >= 0.6 is 7.92 Å². The molecular formula is C7H13N4O4P. The summed E-state index contributed by atoms with van der Waals surface area (Å²) in [5.74, 6) is 0.590. The van der Waals surface area contributed by atoms with E-state index in [0.29, 0.717) is 6.42 Å². The van der Waals surface area contributed by atoms with Crippen molar-refractivity contribution in [3.8, 4) is 5.75 Å². The van der Waals surface area contributed by atoms with Crippen LogP contribution in [0.2, 0.25) is 0 Å². The Morgan fingerprint density at radius 2 is 2.19 bits per heavy atom. The number of hydrogen-bond donors (Lipinski definition) is 4. The third-order valence-electron chi connectivity index (χ3n) is 1.65. The Hall–Kier alpha value is -1.33.